The van der Waals surface area contributed by atoms with Gasteiger partial charge in [-0.3, -0.25) is 0 Å². The lowest BCUT2D eigenvalue weighted by atomic mass is 10.3. The number of hydrogen-bond acceptors (Lipinski definition) is 3. The minimum atomic E-state index is -3.24. The molecule has 0 amide bonds. The van der Waals surface area contributed by atoms with Crippen LogP contribution in [0.2, 0.25) is 0 Å². The zero-order chi connectivity index (χ0) is 9.19. The van der Waals surface area contributed by atoms with E-state index < -0.39 is 10.2 Å². The molecule has 1 aliphatic heterocycles. The summed E-state index contributed by atoms with van der Waals surface area (Å²) in [6.45, 7) is 1.62. The van der Waals surface area contributed by atoms with Crippen molar-refractivity contribution in [2.75, 3.05) is 27.2 Å². The highest BCUT2D eigenvalue weighted by Crippen LogP contribution is 2.00. The molecule has 0 bridgehead atoms. The molecule has 1 heterocycles. The lowest BCUT2D eigenvalue weighted by molar-refractivity contribution is 0.491. The Morgan fingerprint density at radius 3 is 2.46 bits per heavy atom. The molecule has 0 saturated carbocycles. The van der Waals surface area contributed by atoms with Crippen LogP contribution >= 0.6 is 12.4 Å². The van der Waals surface area contributed by atoms with E-state index in [-0.39, 0.29) is 18.4 Å². The van der Waals surface area contributed by atoms with Gasteiger partial charge in [-0.05, 0) is 13.0 Å². The van der Waals surface area contributed by atoms with Crippen LogP contribution in [0.4, 0.5) is 0 Å². The first-order chi connectivity index (χ1) is 5.52. The fourth-order valence-corrected chi connectivity index (χ4v) is 1.90. The van der Waals surface area contributed by atoms with Crippen molar-refractivity contribution in [1.82, 2.24) is 14.3 Å². The summed E-state index contributed by atoms with van der Waals surface area (Å²) in [5.41, 5.74) is 0. The Labute approximate surface area is 85.5 Å². The highest BCUT2D eigenvalue weighted by atomic mass is 35.5. The van der Waals surface area contributed by atoms with E-state index in [0.29, 0.717) is 0 Å². The molecule has 0 aromatic rings. The van der Waals surface area contributed by atoms with Crippen LogP contribution in [0.15, 0.2) is 0 Å². The quantitative estimate of drug-likeness (QED) is 0.664. The van der Waals surface area contributed by atoms with E-state index >= 15 is 0 Å². The largest absolute Gasteiger partial charge is 0.315 e. The van der Waals surface area contributed by atoms with Crippen LogP contribution in [0.3, 0.4) is 0 Å². The summed E-state index contributed by atoms with van der Waals surface area (Å²) in [5.74, 6) is 0. The van der Waals surface area contributed by atoms with Gasteiger partial charge in [-0.1, -0.05) is 0 Å². The minimum absolute atomic E-state index is 0. The van der Waals surface area contributed by atoms with Crippen LogP contribution in [0, 0.1) is 0 Å². The summed E-state index contributed by atoms with van der Waals surface area (Å²) in [7, 11) is -0.201. The second-order valence-electron chi connectivity index (χ2n) is 3.10. The van der Waals surface area contributed by atoms with Crippen LogP contribution in [0.1, 0.15) is 6.42 Å². The Balaban J connectivity index is 0.00000144. The third kappa shape index (κ3) is 3.78. The highest BCUT2D eigenvalue weighted by Gasteiger charge is 2.21. The van der Waals surface area contributed by atoms with Gasteiger partial charge >= 0.3 is 0 Å². The van der Waals surface area contributed by atoms with Crippen molar-refractivity contribution in [2.24, 2.45) is 0 Å². The van der Waals surface area contributed by atoms with Gasteiger partial charge in [-0.2, -0.15) is 17.4 Å². The molecule has 0 aromatic heterocycles. The van der Waals surface area contributed by atoms with E-state index in [4.69, 9.17) is 0 Å². The number of hydrogen-bond donors (Lipinski definition) is 2. The average molecular weight is 230 g/mol. The molecule has 0 aromatic carbocycles. The minimum Gasteiger partial charge on any atom is -0.315 e. The molecule has 2 N–H and O–H groups in total. The SMILES string of the molecule is CN(C)S(=O)(=O)NC1CCNC1.Cl. The van der Waals surface area contributed by atoms with E-state index in [1.54, 1.807) is 0 Å². The zero-order valence-electron chi connectivity index (χ0n) is 7.78. The van der Waals surface area contributed by atoms with Gasteiger partial charge in [0.05, 0.1) is 0 Å². The smallest absolute Gasteiger partial charge is 0.279 e. The lowest BCUT2D eigenvalue weighted by Gasteiger charge is -2.16. The highest BCUT2D eigenvalue weighted by molar-refractivity contribution is 7.87. The Kier molecular flexibility index (Phi) is 5.16. The van der Waals surface area contributed by atoms with Gasteiger partial charge in [0.2, 0.25) is 0 Å². The van der Waals surface area contributed by atoms with E-state index in [2.05, 4.69) is 10.0 Å². The van der Waals surface area contributed by atoms with Gasteiger partial charge in [-0.15, -0.1) is 12.4 Å². The Morgan fingerprint density at radius 2 is 2.08 bits per heavy atom. The first kappa shape index (κ1) is 13.1. The molecular weight excluding hydrogens is 214 g/mol. The maximum atomic E-state index is 11.3. The first-order valence-corrected chi connectivity index (χ1v) is 5.37. The van der Waals surface area contributed by atoms with Gasteiger partial charge in [0.1, 0.15) is 0 Å². The fraction of sp³-hybridized carbons (Fsp3) is 1.00. The van der Waals surface area contributed by atoms with Crippen molar-refractivity contribution < 1.29 is 8.42 Å². The van der Waals surface area contributed by atoms with Crippen molar-refractivity contribution in [3.63, 3.8) is 0 Å². The van der Waals surface area contributed by atoms with Gasteiger partial charge < -0.3 is 5.32 Å². The summed E-state index contributed by atoms with van der Waals surface area (Å²) in [4.78, 5) is 0. The molecule has 13 heavy (non-hydrogen) atoms. The Bertz CT molecular complexity index is 236. The van der Waals surface area contributed by atoms with E-state index in [0.717, 1.165) is 19.5 Å². The third-order valence-corrected chi connectivity index (χ3v) is 3.45. The molecule has 1 rings (SSSR count). The zero-order valence-corrected chi connectivity index (χ0v) is 9.41. The molecule has 1 saturated heterocycles. The molecular formula is C6H16ClN3O2S. The van der Waals surface area contributed by atoms with Crippen molar-refractivity contribution in [1.29, 1.82) is 0 Å². The van der Waals surface area contributed by atoms with Gasteiger partial charge in [0, 0.05) is 26.7 Å². The Hall–Kier alpha value is 0.120. The summed E-state index contributed by atoms with van der Waals surface area (Å²) in [5, 5.41) is 3.09. The van der Waals surface area contributed by atoms with E-state index in [1.165, 1.54) is 18.4 Å². The molecule has 0 spiro atoms. The standard InChI is InChI=1S/C6H15N3O2S.ClH/c1-9(2)12(10,11)8-6-3-4-7-5-6;/h6-8H,3-5H2,1-2H3;1H. The van der Waals surface area contributed by atoms with Crippen LogP contribution < -0.4 is 10.0 Å². The van der Waals surface area contributed by atoms with Crippen molar-refractivity contribution in [3.8, 4) is 0 Å². The van der Waals surface area contributed by atoms with Crippen molar-refractivity contribution in [3.05, 3.63) is 0 Å². The maximum absolute atomic E-state index is 11.3. The molecule has 1 fully saturated rings. The van der Waals surface area contributed by atoms with Crippen molar-refractivity contribution >= 4 is 22.6 Å². The molecule has 5 nitrogen and oxygen atoms in total. The fourth-order valence-electron chi connectivity index (χ4n) is 1.07. The van der Waals surface area contributed by atoms with Gasteiger partial charge in [0.15, 0.2) is 0 Å². The molecule has 1 atom stereocenters. The number of nitrogens with one attached hydrogen (secondary N) is 2. The second kappa shape index (κ2) is 5.11. The van der Waals surface area contributed by atoms with E-state index in [9.17, 15) is 8.42 Å². The predicted molar refractivity (Wildman–Crippen MR) is 54.3 cm³/mol. The number of rotatable bonds is 3. The Morgan fingerprint density at radius 1 is 1.46 bits per heavy atom. The maximum Gasteiger partial charge on any atom is 0.279 e. The topological polar surface area (TPSA) is 61.4 Å². The normalized spacial score (nSPS) is 23.2. The predicted octanol–water partition coefficient (Wildman–Crippen LogP) is -0.834. The van der Waals surface area contributed by atoms with Gasteiger partial charge in [0.25, 0.3) is 10.2 Å². The molecule has 0 aliphatic carbocycles. The third-order valence-electron chi connectivity index (χ3n) is 1.86. The second-order valence-corrected chi connectivity index (χ2v) is 5.01. The van der Waals surface area contributed by atoms with Crippen LogP contribution in [0.5, 0.6) is 0 Å². The molecule has 0 radical (unpaired) electrons. The number of nitrogens with zero attached hydrogens (tertiary/aromatic N) is 1. The monoisotopic (exact) mass is 229 g/mol. The van der Waals surface area contributed by atoms with Crippen LogP contribution in [0.25, 0.3) is 0 Å². The lowest BCUT2D eigenvalue weighted by Crippen LogP contribution is -2.42. The first-order valence-electron chi connectivity index (χ1n) is 3.93. The van der Waals surface area contributed by atoms with Gasteiger partial charge in [-0.25, -0.2) is 0 Å². The van der Waals surface area contributed by atoms with Crippen molar-refractivity contribution in [2.45, 2.75) is 12.5 Å². The summed E-state index contributed by atoms with van der Waals surface area (Å²) in [6.07, 6.45) is 0.868. The van der Waals surface area contributed by atoms with Crippen LogP contribution in [-0.4, -0.2) is 45.9 Å². The summed E-state index contributed by atoms with van der Waals surface area (Å²) < 4.78 is 26.3. The molecule has 7 heteroatoms. The molecule has 80 valence electrons. The summed E-state index contributed by atoms with van der Waals surface area (Å²) in [6, 6.07) is 0.0531. The molecule has 1 unspecified atom stereocenters. The summed E-state index contributed by atoms with van der Waals surface area (Å²) >= 11 is 0. The van der Waals surface area contributed by atoms with Crippen LogP contribution in [-0.2, 0) is 10.2 Å². The number of halogens is 1. The molecule has 1 aliphatic rings. The average Bonchev–Trinajstić information content (AvgIpc) is 2.38. The van der Waals surface area contributed by atoms with E-state index in [1.807, 2.05) is 0 Å².